The van der Waals surface area contributed by atoms with Crippen LogP contribution in [0.3, 0.4) is 0 Å². The normalized spacial score (nSPS) is 11.7. The second-order valence-electron chi connectivity index (χ2n) is 4.66. The standard InChI is InChI=1S/C15H21N3O2/c1-12-13(7-10-19-12)11-18(3)15(16-2)17-8-6-14-5-4-9-20-14/h4-5,7,9-10H,6,8,11H2,1-3H3,(H,16,17). The lowest BCUT2D eigenvalue weighted by Gasteiger charge is -2.21. The van der Waals surface area contributed by atoms with E-state index in [0.717, 1.165) is 37.0 Å². The first-order valence-corrected chi connectivity index (χ1v) is 6.68. The highest BCUT2D eigenvalue weighted by Gasteiger charge is 2.09. The zero-order chi connectivity index (χ0) is 14.4. The first-order chi connectivity index (χ1) is 9.70. The number of rotatable bonds is 5. The third kappa shape index (κ3) is 3.66. The van der Waals surface area contributed by atoms with Crippen molar-refractivity contribution in [1.29, 1.82) is 0 Å². The third-order valence-corrected chi connectivity index (χ3v) is 3.18. The Kier molecular flexibility index (Phi) is 4.87. The van der Waals surface area contributed by atoms with Crippen molar-refractivity contribution in [3.63, 3.8) is 0 Å². The summed E-state index contributed by atoms with van der Waals surface area (Å²) in [6.45, 7) is 3.52. The van der Waals surface area contributed by atoms with Crippen LogP contribution in [0.5, 0.6) is 0 Å². The summed E-state index contributed by atoms with van der Waals surface area (Å²) in [5.41, 5.74) is 1.17. The minimum Gasteiger partial charge on any atom is -0.469 e. The number of guanidine groups is 1. The quantitative estimate of drug-likeness (QED) is 0.672. The number of hydrogen-bond acceptors (Lipinski definition) is 3. The summed E-state index contributed by atoms with van der Waals surface area (Å²) in [5, 5.41) is 3.32. The molecule has 0 spiro atoms. The van der Waals surface area contributed by atoms with Crippen molar-refractivity contribution in [2.24, 2.45) is 4.99 Å². The Morgan fingerprint density at radius 2 is 2.15 bits per heavy atom. The molecule has 0 amide bonds. The maximum absolute atomic E-state index is 5.31. The first kappa shape index (κ1) is 14.2. The molecule has 1 N–H and O–H groups in total. The summed E-state index contributed by atoms with van der Waals surface area (Å²) in [4.78, 5) is 6.36. The van der Waals surface area contributed by atoms with E-state index in [1.165, 1.54) is 5.56 Å². The third-order valence-electron chi connectivity index (χ3n) is 3.18. The average molecular weight is 275 g/mol. The van der Waals surface area contributed by atoms with Crippen molar-refractivity contribution in [2.45, 2.75) is 19.9 Å². The number of furan rings is 2. The van der Waals surface area contributed by atoms with Crippen LogP contribution in [0.25, 0.3) is 0 Å². The monoisotopic (exact) mass is 275 g/mol. The van der Waals surface area contributed by atoms with E-state index in [2.05, 4.69) is 15.2 Å². The number of nitrogens with zero attached hydrogens (tertiary/aromatic N) is 2. The van der Waals surface area contributed by atoms with Gasteiger partial charge in [-0.2, -0.15) is 0 Å². The summed E-state index contributed by atoms with van der Waals surface area (Å²) in [7, 11) is 3.79. The average Bonchev–Trinajstić information content (AvgIpc) is 3.07. The van der Waals surface area contributed by atoms with Gasteiger partial charge in [-0.05, 0) is 25.1 Å². The van der Waals surface area contributed by atoms with Gasteiger partial charge in [-0.1, -0.05) is 0 Å². The number of aliphatic imine (C=N–C) groups is 1. The second kappa shape index (κ2) is 6.84. The van der Waals surface area contributed by atoms with E-state index in [1.54, 1.807) is 19.6 Å². The van der Waals surface area contributed by atoms with Gasteiger partial charge in [-0.25, -0.2) is 0 Å². The maximum atomic E-state index is 5.31. The van der Waals surface area contributed by atoms with Gasteiger partial charge < -0.3 is 19.1 Å². The van der Waals surface area contributed by atoms with Crippen LogP contribution in [0.4, 0.5) is 0 Å². The van der Waals surface area contributed by atoms with E-state index >= 15 is 0 Å². The fourth-order valence-electron chi connectivity index (χ4n) is 2.04. The van der Waals surface area contributed by atoms with E-state index in [-0.39, 0.29) is 0 Å². The lowest BCUT2D eigenvalue weighted by molar-refractivity contribution is 0.459. The fourth-order valence-corrected chi connectivity index (χ4v) is 2.04. The highest BCUT2D eigenvalue weighted by Crippen LogP contribution is 2.11. The van der Waals surface area contributed by atoms with Gasteiger partial charge >= 0.3 is 0 Å². The van der Waals surface area contributed by atoms with Gasteiger partial charge in [0.2, 0.25) is 0 Å². The molecule has 0 saturated carbocycles. The Morgan fingerprint density at radius 3 is 2.75 bits per heavy atom. The van der Waals surface area contributed by atoms with Crippen molar-refractivity contribution in [3.05, 3.63) is 47.8 Å². The van der Waals surface area contributed by atoms with E-state index in [0.29, 0.717) is 0 Å². The molecule has 0 aliphatic rings. The summed E-state index contributed by atoms with van der Waals surface area (Å²) in [6.07, 6.45) is 4.24. The Morgan fingerprint density at radius 1 is 1.30 bits per heavy atom. The SMILES string of the molecule is CN=C(NCCc1ccco1)N(C)Cc1ccoc1C. The molecule has 0 saturated heterocycles. The van der Waals surface area contributed by atoms with Gasteiger partial charge in [-0.15, -0.1) is 0 Å². The van der Waals surface area contributed by atoms with Crippen LogP contribution in [0.2, 0.25) is 0 Å². The molecule has 0 bridgehead atoms. The van der Waals surface area contributed by atoms with Crippen molar-refractivity contribution < 1.29 is 8.83 Å². The van der Waals surface area contributed by atoms with Crippen molar-refractivity contribution in [1.82, 2.24) is 10.2 Å². The smallest absolute Gasteiger partial charge is 0.193 e. The van der Waals surface area contributed by atoms with Crippen molar-refractivity contribution in [3.8, 4) is 0 Å². The number of aryl methyl sites for hydroxylation is 1. The van der Waals surface area contributed by atoms with E-state index in [1.807, 2.05) is 32.2 Å². The molecule has 0 radical (unpaired) electrons. The predicted molar refractivity (Wildman–Crippen MR) is 78.7 cm³/mol. The molecule has 0 aliphatic heterocycles. The summed E-state index contributed by atoms with van der Waals surface area (Å²) in [5.74, 6) is 2.78. The molecule has 0 aliphatic carbocycles. The Labute approximate surface area is 119 Å². The van der Waals surface area contributed by atoms with Gasteiger partial charge in [0.25, 0.3) is 0 Å². The molecule has 2 aromatic heterocycles. The van der Waals surface area contributed by atoms with E-state index in [4.69, 9.17) is 8.83 Å². The van der Waals surface area contributed by atoms with Crippen molar-refractivity contribution in [2.75, 3.05) is 20.6 Å². The lowest BCUT2D eigenvalue weighted by Crippen LogP contribution is -2.39. The minimum absolute atomic E-state index is 0.767. The maximum Gasteiger partial charge on any atom is 0.193 e. The summed E-state index contributed by atoms with van der Waals surface area (Å²) in [6, 6.07) is 5.86. The first-order valence-electron chi connectivity index (χ1n) is 6.68. The Bertz CT molecular complexity index is 543. The molecule has 5 heteroatoms. The Hall–Kier alpha value is -2.17. The van der Waals surface area contributed by atoms with Crippen LogP contribution in [-0.2, 0) is 13.0 Å². The minimum atomic E-state index is 0.767. The van der Waals surface area contributed by atoms with Crippen LogP contribution in [0, 0.1) is 6.92 Å². The van der Waals surface area contributed by atoms with Gasteiger partial charge in [0.1, 0.15) is 11.5 Å². The molecule has 2 rings (SSSR count). The summed E-state index contributed by atoms with van der Waals surface area (Å²) >= 11 is 0. The molecule has 0 fully saturated rings. The molecule has 2 aromatic rings. The lowest BCUT2D eigenvalue weighted by atomic mass is 10.2. The van der Waals surface area contributed by atoms with Crippen LogP contribution >= 0.6 is 0 Å². The van der Waals surface area contributed by atoms with Gasteiger partial charge in [0.15, 0.2) is 5.96 Å². The zero-order valence-electron chi connectivity index (χ0n) is 12.2. The molecule has 108 valence electrons. The topological polar surface area (TPSA) is 53.9 Å². The van der Waals surface area contributed by atoms with Crippen molar-refractivity contribution >= 4 is 5.96 Å². The second-order valence-corrected chi connectivity index (χ2v) is 4.66. The van der Waals surface area contributed by atoms with Crippen LogP contribution in [-0.4, -0.2) is 31.5 Å². The highest BCUT2D eigenvalue weighted by molar-refractivity contribution is 5.79. The molecule has 0 aromatic carbocycles. The summed E-state index contributed by atoms with van der Waals surface area (Å²) < 4.78 is 10.6. The van der Waals surface area contributed by atoms with Crippen LogP contribution in [0.1, 0.15) is 17.1 Å². The largest absolute Gasteiger partial charge is 0.469 e. The number of hydrogen-bond donors (Lipinski definition) is 1. The Balaban J connectivity index is 1.83. The highest BCUT2D eigenvalue weighted by atomic mass is 16.3. The van der Waals surface area contributed by atoms with Gasteiger partial charge in [-0.3, -0.25) is 4.99 Å². The van der Waals surface area contributed by atoms with Crippen LogP contribution in [0.15, 0.2) is 44.6 Å². The van der Waals surface area contributed by atoms with Gasteiger partial charge in [0.05, 0.1) is 12.5 Å². The van der Waals surface area contributed by atoms with Crippen LogP contribution < -0.4 is 5.32 Å². The van der Waals surface area contributed by atoms with E-state index in [9.17, 15) is 0 Å². The van der Waals surface area contributed by atoms with E-state index < -0.39 is 0 Å². The zero-order valence-corrected chi connectivity index (χ0v) is 12.2. The predicted octanol–water partition coefficient (Wildman–Crippen LogP) is 2.43. The fraction of sp³-hybridized carbons (Fsp3) is 0.400. The van der Waals surface area contributed by atoms with Gasteiger partial charge in [0, 0.05) is 39.2 Å². The molecule has 20 heavy (non-hydrogen) atoms. The molecule has 0 atom stereocenters. The molecule has 0 unspecified atom stereocenters. The molecular weight excluding hydrogens is 254 g/mol. The molecule has 5 nitrogen and oxygen atoms in total. The molecular formula is C15H21N3O2. The molecule has 2 heterocycles. The number of nitrogens with one attached hydrogen (secondary N) is 1.